The standard InChI is InChI=1S/C8H17NOS/c1-6(2)7(10)5-8(11)9(3)4/h6-7,10H,5H2,1-4H3/t7-/m1/s1. The van der Waals surface area contributed by atoms with Crippen LogP contribution in [0.1, 0.15) is 20.3 Å². The van der Waals surface area contributed by atoms with Crippen LogP contribution in [0.2, 0.25) is 0 Å². The zero-order valence-electron chi connectivity index (χ0n) is 7.66. The van der Waals surface area contributed by atoms with Gasteiger partial charge in [-0.15, -0.1) is 0 Å². The van der Waals surface area contributed by atoms with Crippen molar-refractivity contribution in [3.8, 4) is 0 Å². The molecule has 0 saturated heterocycles. The maximum absolute atomic E-state index is 9.43. The highest BCUT2D eigenvalue weighted by Gasteiger charge is 2.12. The van der Waals surface area contributed by atoms with Crippen LogP contribution >= 0.6 is 12.2 Å². The second kappa shape index (κ2) is 4.67. The number of aliphatic hydroxyl groups excluding tert-OH is 1. The third-order valence-electron chi connectivity index (χ3n) is 1.65. The summed E-state index contributed by atoms with van der Waals surface area (Å²) >= 11 is 5.04. The molecule has 1 N–H and O–H groups in total. The number of hydrogen-bond donors (Lipinski definition) is 1. The first-order valence-electron chi connectivity index (χ1n) is 3.83. The summed E-state index contributed by atoms with van der Waals surface area (Å²) in [4.78, 5) is 2.67. The zero-order chi connectivity index (χ0) is 9.02. The van der Waals surface area contributed by atoms with Gasteiger partial charge in [0.05, 0.1) is 11.1 Å². The summed E-state index contributed by atoms with van der Waals surface area (Å²) in [6.45, 7) is 3.98. The molecule has 0 bridgehead atoms. The number of hydrogen-bond acceptors (Lipinski definition) is 2. The van der Waals surface area contributed by atoms with Crippen molar-refractivity contribution in [1.29, 1.82) is 0 Å². The van der Waals surface area contributed by atoms with Crippen LogP contribution in [0.5, 0.6) is 0 Å². The fourth-order valence-corrected chi connectivity index (χ4v) is 0.768. The molecule has 66 valence electrons. The Balaban J connectivity index is 3.76. The number of rotatable bonds is 3. The molecule has 2 nitrogen and oxygen atoms in total. The van der Waals surface area contributed by atoms with Crippen LogP contribution in [0.15, 0.2) is 0 Å². The van der Waals surface area contributed by atoms with Crippen molar-refractivity contribution in [3.05, 3.63) is 0 Å². The van der Waals surface area contributed by atoms with Gasteiger partial charge in [-0.1, -0.05) is 26.1 Å². The van der Waals surface area contributed by atoms with Gasteiger partial charge < -0.3 is 10.0 Å². The molecule has 0 rings (SSSR count). The zero-order valence-corrected chi connectivity index (χ0v) is 8.48. The van der Waals surface area contributed by atoms with E-state index in [-0.39, 0.29) is 12.0 Å². The van der Waals surface area contributed by atoms with E-state index in [9.17, 15) is 5.11 Å². The average Bonchev–Trinajstić information content (AvgIpc) is 1.87. The molecule has 0 aromatic heterocycles. The first-order valence-corrected chi connectivity index (χ1v) is 4.24. The van der Waals surface area contributed by atoms with E-state index in [1.165, 1.54) is 0 Å². The van der Waals surface area contributed by atoms with E-state index in [1.807, 2.05) is 32.8 Å². The molecule has 0 aliphatic carbocycles. The van der Waals surface area contributed by atoms with Gasteiger partial charge in [0.25, 0.3) is 0 Å². The van der Waals surface area contributed by atoms with Crippen molar-refractivity contribution >= 4 is 17.2 Å². The van der Waals surface area contributed by atoms with Gasteiger partial charge in [0.2, 0.25) is 0 Å². The minimum absolute atomic E-state index is 0.285. The van der Waals surface area contributed by atoms with Crippen molar-refractivity contribution in [2.75, 3.05) is 14.1 Å². The molecule has 0 fully saturated rings. The van der Waals surface area contributed by atoms with Crippen LogP contribution in [-0.4, -0.2) is 35.2 Å². The molecule has 0 saturated carbocycles. The molecule has 0 unspecified atom stereocenters. The van der Waals surface area contributed by atoms with E-state index >= 15 is 0 Å². The van der Waals surface area contributed by atoms with Gasteiger partial charge in [0.1, 0.15) is 0 Å². The van der Waals surface area contributed by atoms with Crippen molar-refractivity contribution < 1.29 is 5.11 Å². The van der Waals surface area contributed by atoms with E-state index in [1.54, 1.807) is 0 Å². The molecule has 3 heteroatoms. The molecule has 0 radical (unpaired) electrons. The first-order chi connectivity index (χ1) is 4.95. The normalized spacial score (nSPS) is 13.3. The highest BCUT2D eigenvalue weighted by molar-refractivity contribution is 7.80. The quantitative estimate of drug-likeness (QED) is 0.654. The Morgan fingerprint density at radius 2 is 1.91 bits per heavy atom. The maximum Gasteiger partial charge on any atom is 0.0800 e. The highest BCUT2D eigenvalue weighted by atomic mass is 32.1. The molecular weight excluding hydrogens is 158 g/mol. The summed E-state index contributed by atoms with van der Waals surface area (Å²) in [7, 11) is 3.80. The Morgan fingerprint density at radius 3 is 2.18 bits per heavy atom. The summed E-state index contributed by atoms with van der Waals surface area (Å²) in [6.07, 6.45) is 0.296. The van der Waals surface area contributed by atoms with Gasteiger partial charge in [-0.3, -0.25) is 0 Å². The molecule has 0 spiro atoms. The lowest BCUT2D eigenvalue weighted by Crippen LogP contribution is -2.27. The largest absolute Gasteiger partial charge is 0.392 e. The molecule has 0 aromatic rings. The second-order valence-corrected chi connectivity index (χ2v) is 3.77. The SMILES string of the molecule is CC(C)[C@H](O)CC(=S)N(C)C. The Morgan fingerprint density at radius 1 is 1.45 bits per heavy atom. The number of thiocarbonyl (C=S) groups is 1. The topological polar surface area (TPSA) is 23.5 Å². The van der Waals surface area contributed by atoms with Crippen molar-refractivity contribution in [2.45, 2.75) is 26.4 Å². The van der Waals surface area contributed by atoms with Crippen LogP contribution in [0.3, 0.4) is 0 Å². The predicted molar refractivity (Wildman–Crippen MR) is 51.7 cm³/mol. The molecule has 0 aromatic carbocycles. The first kappa shape index (κ1) is 10.8. The summed E-state index contributed by atoms with van der Waals surface area (Å²) < 4.78 is 0. The van der Waals surface area contributed by atoms with Crippen molar-refractivity contribution in [3.63, 3.8) is 0 Å². The number of nitrogens with zero attached hydrogens (tertiary/aromatic N) is 1. The van der Waals surface area contributed by atoms with Crippen LogP contribution in [0.4, 0.5) is 0 Å². The Bertz CT molecular complexity index is 134. The lowest BCUT2D eigenvalue weighted by molar-refractivity contribution is 0.131. The smallest absolute Gasteiger partial charge is 0.0800 e. The minimum Gasteiger partial charge on any atom is -0.392 e. The summed E-state index contributed by atoms with van der Waals surface area (Å²) in [5.41, 5.74) is 0. The average molecular weight is 175 g/mol. The fourth-order valence-electron chi connectivity index (χ4n) is 0.597. The second-order valence-electron chi connectivity index (χ2n) is 3.30. The van der Waals surface area contributed by atoms with Crippen LogP contribution in [0.25, 0.3) is 0 Å². The lowest BCUT2D eigenvalue weighted by Gasteiger charge is -2.19. The van der Waals surface area contributed by atoms with Crippen LogP contribution in [0, 0.1) is 5.92 Å². The van der Waals surface area contributed by atoms with Gasteiger partial charge in [-0.05, 0) is 5.92 Å². The monoisotopic (exact) mass is 175 g/mol. The molecule has 11 heavy (non-hydrogen) atoms. The van der Waals surface area contributed by atoms with Gasteiger partial charge in [-0.2, -0.15) is 0 Å². The van der Waals surface area contributed by atoms with E-state index in [2.05, 4.69) is 0 Å². The van der Waals surface area contributed by atoms with Crippen molar-refractivity contribution in [1.82, 2.24) is 4.90 Å². The van der Waals surface area contributed by atoms with Crippen molar-refractivity contribution in [2.24, 2.45) is 5.92 Å². The molecular formula is C8H17NOS. The van der Waals surface area contributed by atoms with E-state index in [4.69, 9.17) is 12.2 Å². The molecule has 1 atom stereocenters. The van der Waals surface area contributed by atoms with E-state index in [0.717, 1.165) is 4.99 Å². The van der Waals surface area contributed by atoms with Gasteiger partial charge in [-0.25, -0.2) is 0 Å². The lowest BCUT2D eigenvalue weighted by atomic mass is 10.0. The fraction of sp³-hybridized carbons (Fsp3) is 0.875. The van der Waals surface area contributed by atoms with Gasteiger partial charge in [0.15, 0.2) is 0 Å². The highest BCUT2D eigenvalue weighted by Crippen LogP contribution is 2.07. The van der Waals surface area contributed by atoms with E-state index in [0.29, 0.717) is 6.42 Å². The molecule has 0 amide bonds. The molecule has 0 aliphatic heterocycles. The van der Waals surface area contributed by atoms with Gasteiger partial charge in [0, 0.05) is 20.5 Å². The molecule has 0 aliphatic rings. The minimum atomic E-state index is -0.301. The van der Waals surface area contributed by atoms with Crippen LogP contribution < -0.4 is 0 Å². The van der Waals surface area contributed by atoms with Crippen LogP contribution in [-0.2, 0) is 0 Å². The summed E-state index contributed by atoms with van der Waals surface area (Å²) in [6, 6.07) is 0. The maximum atomic E-state index is 9.43. The summed E-state index contributed by atoms with van der Waals surface area (Å²) in [5, 5.41) is 9.43. The van der Waals surface area contributed by atoms with Gasteiger partial charge >= 0.3 is 0 Å². The van der Waals surface area contributed by atoms with E-state index < -0.39 is 0 Å². The number of aliphatic hydroxyl groups is 1. The summed E-state index contributed by atoms with van der Waals surface area (Å²) in [5.74, 6) is 0.285. The Kier molecular flexibility index (Phi) is 4.61. The third kappa shape index (κ3) is 4.32. The Labute approximate surface area is 74.2 Å². The molecule has 0 heterocycles. The third-order valence-corrected chi connectivity index (χ3v) is 2.18. The Hall–Kier alpha value is -0.150. The predicted octanol–water partition coefficient (Wildman–Crippen LogP) is 1.28.